The molecule has 0 saturated carbocycles. The van der Waals surface area contributed by atoms with E-state index in [2.05, 4.69) is 11.8 Å². The standard InChI is InChI=1S/C14H25NO2/c1-13-4-2-7-15(8-5-13)10-14(11-16)6-3-9-17-12-14/h11,13H,2-10,12H2,1H3. The number of carbonyl (C=O) groups is 1. The first-order chi connectivity index (χ1) is 8.24. The fourth-order valence-electron chi connectivity index (χ4n) is 3.05. The number of hydrogen-bond acceptors (Lipinski definition) is 3. The molecule has 2 heterocycles. The van der Waals surface area contributed by atoms with E-state index in [0.29, 0.717) is 6.61 Å². The van der Waals surface area contributed by atoms with Crippen LogP contribution in [0.3, 0.4) is 0 Å². The summed E-state index contributed by atoms with van der Waals surface area (Å²) in [7, 11) is 0. The van der Waals surface area contributed by atoms with E-state index in [9.17, 15) is 4.79 Å². The number of hydrogen-bond donors (Lipinski definition) is 0. The van der Waals surface area contributed by atoms with Crippen LogP contribution in [-0.4, -0.2) is 44.0 Å². The van der Waals surface area contributed by atoms with Crippen LogP contribution in [0.4, 0.5) is 0 Å². The van der Waals surface area contributed by atoms with E-state index in [1.165, 1.54) is 19.3 Å². The highest BCUT2D eigenvalue weighted by molar-refractivity contribution is 5.60. The first-order valence-electron chi connectivity index (χ1n) is 7.00. The monoisotopic (exact) mass is 239 g/mol. The molecular formula is C14H25NO2. The van der Waals surface area contributed by atoms with Gasteiger partial charge in [0.15, 0.2) is 0 Å². The summed E-state index contributed by atoms with van der Waals surface area (Å²) in [6.07, 6.45) is 7.07. The van der Waals surface area contributed by atoms with Gasteiger partial charge < -0.3 is 14.4 Å². The number of nitrogens with zero attached hydrogens (tertiary/aromatic N) is 1. The van der Waals surface area contributed by atoms with Crippen LogP contribution in [0.15, 0.2) is 0 Å². The highest BCUT2D eigenvalue weighted by Crippen LogP contribution is 2.29. The summed E-state index contributed by atoms with van der Waals surface area (Å²) in [6, 6.07) is 0. The van der Waals surface area contributed by atoms with E-state index < -0.39 is 0 Å². The molecule has 2 aliphatic heterocycles. The molecule has 2 rings (SSSR count). The van der Waals surface area contributed by atoms with Crippen molar-refractivity contribution in [1.29, 1.82) is 0 Å². The Bertz CT molecular complexity index is 249. The third kappa shape index (κ3) is 3.52. The topological polar surface area (TPSA) is 29.5 Å². The first kappa shape index (κ1) is 13.0. The van der Waals surface area contributed by atoms with Crippen LogP contribution >= 0.6 is 0 Å². The Balaban J connectivity index is 1.91. The molecular weight excluding hydrogens is 214 g/mol. The highest BCUT2D eigenvalue weighted by Gasteiger charge is 2.34. The van der Waals surface area contributed by atoms with Crippen molar-refractivity contribution in [2.45, 2.75) is 39.0 Å². The SMILES string of the molecule is CC1CCCN(CC2(C=O)CCCOC2)CC1. The maximum Gasteiger partial charge on any atom is 0.129 e. The Morgan fingerprint density at radius 1 is 1.35 bits per heavy atom. The zero-order valence-electron chi connectivity index (χ0n) is 11.0. The predicted molar refractivity (Wildman–Crippen MR) is 68.0 cm³/mol. The van der Waals surface area contributed by atoms with Gasteiger partial charge in [-0.15, -0.1) is 0 Å². The van der Waals surface area contributed by atoms with Gasteiger partial charge in [-0.05, 0) is 51.1 Å². The summed E-state index contributed by atoms with van der Waals surface area (Å²) >= 11 is 0. The number of ether oxygens (including phenoxy) is 1. The molecule has 0 aliphatic carbocycles. The Morgan fingerprint density at radius 2 is 2.24 bits per heavy atom. The van der Waals surface area contributed by atoms with Crippen molar-refractivity contribution in [2.24, 2.45) is 11.3 Å². The maximum atomic E-state index is 11.4. The largest absolute Gasteiger partial charge is 0.380 e. The van der Waals surface area contributed by atoms with Gasteiger partial charge in [-0.25, -0.2) is 0 Å². The minimum Gasteiger partial charge on any atom is -0.380 e. The first-order valence-corrected chi connectivity index (χ1v) is 7.00. The molecule has 0 aromatic heterocycles. The molecule has 3 heteroatoms. The molecule has 2 saturated heterocycles. The molecule has 0 aromatic carbocycles. The lowest BCUT2D eigenvalue weighted by Crippen LogP contribution is -2.44. The van der Waals surface area contributed by atoms with E-state index in [0.717, 1.165) is 51.3 Å². The lowest BCUT2D eigenvalue weighted by atomic mass is 9.83. The number of aldehydes is 1. The molecule has 0 amide bonds. The van der Waals surface area contributed by atoms with E-state index >= 15 is 0 Å². The van der Waals surface area contributed by atoms with Crippen molar-refractivity contribution in [3.63, 3.8) is 0 Å². The van der Waals surface area contributed by atoms with Gasteiger partial charge in [0.25, 0.3) is 0 Å². The molecule has 0 N–H and O–H groups in total. The average Bonchev–Trinajstić information content (AvgIpc) is 2.56. The average molecular weight is 239 g/mol. The van der Waals surface area contributed by atoms with E-state index in [1.807, 2.05) is 0 Å². The second-order valence-electron chi connectivity index (χ2n) is 5.95. The normalized spacial score (nSPS) is 36.4. The molecule has 0 aromatic rings. The van der Waals surface area contributed by atoms with Crippen LogP contribution in [0.1, 0.15) is 39.0 Å². The summed E-state index contributed by atoms with van der Waals surface area (Å²) in [4.78, 5) is 13.9. The molecule has 2 atom stereocenters. The fourth-order valence-corrected chi connectivity index (χ4v) is 3.05. The van der Waals surface area contributed by atoms with Gasteiger partial charge in [0.1, 0.15) is 6.29 Å². The van der Waals surface area contributed by atoms with Gasteiger partial charge in [0.2, 0.25) is 0 Å². The van der Waals surface area contributed by atoms with E-state index in [-0.39, 0.29) is 5.41 Å². The van der Waals surface area contributed by atoms with Crippen LogP contribution in [0.25, 0.3) is 0 Å². The Labute approximate surface area is 105 Å². The maximum absolute atomic E-state index is 11.4. The number of carbonyl (C=O) groups excluding carboxylic acids is 1. The molecule has 0 radical (unpaired) electrons. The van der Waals surface area contributed by atoms with Crippen LogP contribution < -0.4 is 0 Å². The molecule has 3 nitrogen and oxygen atoms in total. The van der Waals surface area contributed by atoms with E-state index in [4.69, 9.17) is 4.74 Å². The molecule has 2 unspecified atom stereocenters. The molecule has 2 aliphatic rings. The van der Waals surface area contributed by atoms with Crippen molar-refractivity contribution >= 4 is 6.29 Å². The molecule has 0 spiro atoms. The molecule has 17 heavy (non-hydrogen) atoms. The summed E-state index contributed by atoms with van der Waals surface area (Å²) in [6.45, 7) is 7.00. The van der Waals surface area contributed by atoms with Crippen molar-refractivity contribution in [2.75, 3.05) is 32.8 Å². The molecule has 2 fully saturated rings. The van der Waals surface area contributed by atoms with Gasteiger partial charge in [0.05, 0.1) is 12.0 Å². The van der Waals surface area contributed by atoms with Crippen molar-refractivity contribution in [3.8, 4) is 0 Å². The lowest BCUT2D eigenvalue weighted by molar-refractivity contribution is -0.125. The lowest BCUT2D eigenvalue weighted by Gasteiger charge is -2.36. The molecule has 0 bridgehead atoms. The second kappa shape index (κ2) is 5.96. The summed E-state index contributed by atoms with van der Waals surface area (Å²) in [5, 5.41) is 0. The third-order valence-corrected chi connectivity index (χ3v) is 4.25. The summed E-state index contributed by atoms with van der Waals surface area (Å²) in [5.41, 5.74) is -0.216. The highest BCUT2D eigenvalue weighted by atomic mass is 16.5. The quantitative estimate of drug-likeness (QED) is 0.706. The van der Waals surface area contributed by atoms with Gasteiger partial charge in [-0.2, -0.15) is 0 Å². The smallest absolute Gasteiger partial charge is 0.129 e. The Hall–Kier alpha value is -0.410. The van der Waals surface area contributed by atoms with Crippen LogP contribution in [0.5, 0.6) is 0 Å². The second-order valence-corrected chi connectivity index (χ2v) is 5.95. The summed E-state index contributed by atoms with van der Waals surface area (Å²) < 4.78 is 5.51. The minimum absolute atomic E-state index is 0.216. The number of likely N-dealkylation sites (tertiary alicyclic amines) is 1. The Morgan fingerprint density at radius 3 is 2.94 bits per heavy atom. The fraction of sp³-hybridized carbons (Fsp3) is 0.929. The van der Waals surface area contributed by atoms with Crippen molar-refractivity contribution < 1.29 is 9.53 Å². The van der Waals surface area contributed by atoms with Crippen LogP contribution in [0, 0.1) is 11.3 Å². The van der Waals surface area contributed by atoms with Crippen LogP contribution in [0.2, 0.25) is 0 Å². The van der Waals surface area contributed by atoms with Gasteiger partial charge >= 0.3 is 0 Å². The minimum atomic E-state index is -0.216. The van der Waals surface area contributed by atoms with Gasteiger partial charge in [0, 0.05) is 13.2 Å². The Kier molecular flexibility index (Phi) is 4.57. The van der Waals surface area contributed by atoms with Gasteiger partial charge in [-0.1, -0.05) is 6.92 Å². The van der Waals surface area contributed by atoms with Crippen molar-refractivity contribution in [1.82, 2.24) is 4.90 Å². The zero-order chi connectivity index (χ0) is 12.1. The predicted octanol–water partition coefficient (Wildman–Crippen LogP) is 2.10. The molecule has 98 valence electrons. The zero-order valence-corrected chi connectivity index (χ0v) is 11.0. The third-order valence-electron chi connectivity index (χ3n) is 4.25. The van der Waals surface area contributed by atoms with Gasteiger partial charge in [-0.3, -0.25) is 0 Å². The van der Waals surface area contributed by atoms with E-state index in [1.54, 1.807) is 0 Å². The number of rotatable bonds is 3. The van der Waals surface area contributed by atoms with Crippen LogP contribution in [-0.2, 0) is 9.53 Å². The summed E-state index contributed by atoms with van der Waals surface area (Å²) in [5.74, 6) is 0.842. The van der Waals surface area contributed by atoms with Crippen molar-refractivity contribution in [3.05, 3.63) is 0 Å².